The maximum Gasteiger partial charge on any atom is 0.296 e. The summed E-state index contributed by atoms with van der Waals surface area (Å²) in [5.74, 6) is 1.28. The third-order valence-corrected chi connectivity index (χ3v) is 5.92. The highest BCUT2D eigenvalue weighted by Gasteiger charge is 2.46. The van der Waals surface area contributed by atoms with E-state index in [1.807, 2.05) is 0 Å². The van der Waals surface area contributed by atoms with Gasteiger partial charge in [-0.25, -0.2) is 0 Å². The maximum absolute atomic E-state index is 13.7. The van der Waals surface area contributed by atoms with Crippen LogP contribution in [0, 0.1) is 6.92 Å². The number of halogens is 1. The average Bonchev–Trinajstić information content (AvgIpc) is 3.34. The number of anilines is 1. The van der Waals surface area contributed by atoms with Gasteiger partial charge in [0.05, 0.1) is 25.2 Å². The fourth-order valence-electron chi connectivity index (χ4n) is 4.00. The van der Waals surface area contributed by atoms with Gasteiger partial charge in [-0.3, -0.25) is 14.5 Å². The van der Waals surface area contributed by atoms with E-state index in [9.17, 15) is 9.59 Å². The number of hydrogen-bond acceptors (Lipinski definition) is 7. The molecule has 0 unspecified atom stereocenters. The van der Waals surface area contributed by atoms with Crippen molar-refractivity contribution in [3.8, 4) is 11.5 Å². The van der Waals surface area contributed by atoms with E-state index in [-0.39, 0.29) is 22.6 Å². The number of benzene rings is 2. The smallest absolute Gasteiger partial charge is 0.296 e. The van der Waals surface area contributed by atoms with Crippen LogP contribution in [0.2, 0.25) is 0 Å². The number of carbonyl (C=O) groups excluding carboxylic acids is 1. The van der Waals surface area contributed by atoms with Crippen molar-refractivity contribution in [2.24, 2.45) is 0 Å². The first-order valence-electron chi connectivity index (χ1n) is 9.68. The van der Waals surface area contributed by atoms with Crippen molar-refractivity contribution >= 4 is 38.6 Å². The summed E-state index contributed by atoms with van der Waals surface area (Å²) in [5, 5.41) is 4.38. The minimum atomic E-state index is -0.855. The normalized spacial score (nSPS) is 15.3. The Morgan fingerprint density at radius 2 is 1.88 bits per heavy atom. The van der Waals surface area contributed by atoms with Crippen LogP contribution in [-0.2, 0) is 0 Å². The third kappa shape index (κ3) is 3.00. The van der Waals surface area contributed by atoms with E-state index >= 15 is 0 Å². The van der Waals surface area contributed by atoms with Crippen LogP contribution in [-0.4, -0.2) is 25.3 Å². The maximum atomic E-state index is 13.7. The fraction of sp³-hybridized carbons (Fsp3) is 0.174. The molecule has 0 N–H and O–H groups in total. The van der Waals surface area contributed by atoms with Crippen molar-refractivity contribution in [2.75, 3.05) is 19.1 Å². The molecule has 2 aromatic heterocycles. The molecule has 4 aromatic rings. The zero-order chi connectivity index (χ0) is 22.6. The second-order valence-corrected chi connectivity index (χ2v) is 8.21. The van der Waals surface area contributed by atoms with Crippen LogP contribution in [0.15, 0.2) is 60.7 Å². The Morgan fingerprint density at radius 1 is 1.06 bits per heavy atom. The van der Waals surface area contributed by atoms with Gasteiger partial charge in [-0.2, -0.15) is 0 Å². The number of aryl methyl sites for hydroxylation is 1. The first-order valence-corrected chi connectivity index (χ1v) is 10.5. The summed E-state index contributed by atoms with van der Waals surface area (Å²) in [7, 11) is 3.06. The van der Waals surface area contributed by atoms with Gasteiger partial charge in [-0.15, -0.1) is 0 Å². The van der Waals surface area contributed by atoms with Gasteiger partial charge >= 0.3 is 0 Å². The predicted octanol–water partition coefficient (Wildman–Crippen LogP) is 4.62. The molecule has 32 heavy (non-hydrogen) atoms. The molecule has 0 spiro atoms. The largest absolute Gasteiger partial charge is 0.497 e. The molecular weight excluding hydrogens is 480 g/mol. The Balaban J connectivity index is 1.86. The zero-order valence-corrected chi connectivity index (χ0v) is 18.9. The highest BCUT2D eigenvalue weighted by Crippen LogP contribution is 2.44. The van der Waals surface area contributed by atoms with Crippen LogP contribution in [0.5, 0.6) is 11.5 Å². The minimum absolute atomic E-state index is 0.0413. The summed E-state index contributed by atoms with van der Waals surface area (Å²) >= 11 is 3.40. The van der Waals surface area contributed by atoms with Crippen molar-refractivity contribution in [3.63, 3.8) is 0 Å². The number of amides is 1. The molecule has 3 heterocycles. The molecule has 0 fully saturated rings. The highest BCUT2D eigenvalue weighted by molar-refractivity contribution is 9.10. The summed E-state index contributed by atoms with van der Waals surface area (Å²) in [5.41, 5.74) is 0.766. The number of aromatic nitrogens is 1. The number of hydrogen-bond donors (Lipinski definition) is 0. The molecule has 0 aliphatic carbocycles. The minimum Gasteiger partial charge on any atom is -0.497 e. The Kier molecular flexibility index (Phi) is 4.78. The van der Waals surface area contributed by atoms with Gasteiger partial charge in [0.25, 0.3) is 5.91 Å². The number of fused-ring (bicyclic) bond motifs is 2. The van der Waals surface area contributed by atoms with Crippen molar-refractivity contribution in [3.05, 3.63) is 79.8 Å². The monoisotopic (exact) mass is 496 g/mol. The number of carbonyl (C=O) groups is 1. The number of ether oxygens (including phenoxy) is 2. The standard InChI is InChI=1S/C23H17BrN2O6/c1-11-8-18(25-32-11)26-20(14-10-13(29-2)5-7-16(14)30-3)19-21(27)15-9-12(24)4-6-17(15)31-22(19)23(26)28/h4-10,20H,1-3H3/t20-/m0/s1. The molecule has 0 saturated heterocycles. The molecule has 0 bridgehead atoms. The second-order valence-electron chi connectivity index (χ2n) is 7.30. The Labute approximate surface area is 190 Å². The topological polar surface area (TPSA) is 95.0 Å². The summed E-state index contributed by atoms with van der Waals surface area (Å²) in [6, 6.07) is 11.0. The third-order valence-electron chi connectivity index (χ3n) is 5.43. The number of methoxy groups -OCH3 is 2. The van der Waals surface area contributed by atoms with Crippen molar-refractivity contribution in [2.45, 2.75) is 13.0 Å². The molecule has 1 atom stereocenters. The second kappa shape index (κ2) is 7.52. The predicted molar refractivity (Wildman–Crippen MR) is 120 cm³/mol. The van der Waals surface area contributed by atoms with Gasteiger partial charge in [0.2, 0.25) is 5.76 Å². The van der Waals surface area contributed by atoms with Crippen LogP contribution in [0.4, 0.5) is 5.82 Å². The average molecular weight is 497 g/mol. The van der Waals surface area contributed by atoms with Crippen LogP contribution >= 0.6 is 15.9 Å². The van der Waals surface area contributed by atoms with Crippen LogP contribution in [0.1, 0.15) is 33.5 Å². The Bertz CT molecular complexity index is 1440. The van der Waals surface area contributed by atoms with Gasteiger partial charge < -0.3 is 18.4 Å². The lowest BCUT2D eigenvalue weighted by Crippen LogP contribution is -2.30. The SMILES string of the molecule is COc1ccc(OC)c([C@H]2c3c(oc4ccc(Br)cc4c3=O)C(=O)N2c2cc(C)on2)c1. The summed E-state index contributed by atoms with van der Waals surface area (Å²) in [6.45, 7) is 1.72. The number of nitrogens with zero attached hydrogens (tertiary/aromatic N) is 2. The first-order chi connectivity index (χ1) is 15.4. The van der Waals surface area contributed by atoms with E-state index in [0.29, 0.717) is 33.8 Å². The van der Waals surface area contributed by atoms with Crippen LogP contribution in [0.25, 0.3) is 11.0 Å². The van der Waals surface area contributed by atoms with E-state index in [2.05, 4.69) is 21.1 Å². The van der Waals surface area contributed by atoms with Crippen LogP contribution in [0.3, 0.4) is 0 Å². The fourth-order valence-corrected chi connectivity index (χ4v) is 4.36. The molecule has 162 valence electrons. The molecular formula is C23H17BrN2O6. The van der Waals surface area contributed by atoms with E-state index in [0.717, 1.165) is 4.47 Å². The zero-order valence-electron chi connectivity index (χ0n) is 17.3. The van der Waals surface area contributed by atoms with Gasteiger partial charge in [-0.05, 0) is 43.3 Å². The molecule has 0 saturated carbocycles. The van der Waals surface area contributed by atoms with Gasteiger partial charge in [0.1, 0.15) is 28.9 Å². The lowest BCUT2D eigenvalue weighted by Gasteiger charge is -2.24. The summed E-state index contributed by atoms with van der Waals surface area (Å²) < 4.78 is 22.8. The van der Waals surface area contributed by atoms with E-state index in [1.165, 1.54) is 19.1 Å². The van der Waals surface area contributed by atoms with Gasteiger partial charge in [0, 0.05) is 16.1 Å². The van der Waals surface area contributed by atoms with Crippen molar-refractivity contribution in [1.29, 1.82) is 0 Å². The molecule has 1 aliphatic heterocycles. The van der Waals surface area contributed by atoms with Gasteiger partial charge in [-0.1, -0.05) is 21.1 Å². The van der Waals surface area contributed by atoms with E-state index < -0.39 is 11.9 Å². The molecule has 1 amide bonds. The first kappa shape index (κ1) is 20.3. The highest BCUT2D eigenvalue weighted by atomic mass is 79.9. The van der Waals surface area contributed by atoms with Gasteiger partial charge in [0.15, 0.2) is 11.2 Å². The number of rotatable bonds is 4. The summed E-state index contributed by atoms with van der Waals surface area (Å²) in [4.78, 5) is 28.6. The molecule has 0 radical (unpaired) electrons. The van der Waals surface area contributed by atoms with Crippen molar-refractivity contribution in [1.82, 2.24) is 5.16 Å². The van der Waals surface area contributed by atoms with E-state index in [1.54, 1.807) is 49.4 Å². The molecule has 9 heteroatoms. The van der Waals surface area contributed by atoms with Crippen LogP contribution < -0.4 is 19.8 Å². The quantitative estimate of drug-likeness (QED) is 0.406. The Hall–Kier alpha value is -3.59. The Morgan fingerprint density at radius 3 is 2.56 bits per heavy atom. The summed E-state index contributed by atoms with van der Waals surface area (Å²) in [6.07, 6.45) is 0. The molecule has 2 aromatic carbocycles. The van der Waals surface area contributed by atoms with E-state index in [4.69, 9.17) is 18.4 Å². The van der Waals surface area contributed by atoms with Crippen molar-refractivity contribution < 1.29 is 23.2 Å². The molecule has 8 nitrogen and oxygen atoms in total. The lowest BCUT2D eigenvalue weighted by molar-refractivity contribution is 0.0969. The molecule has 5 rings (SSSR count). The lowest BCUT2D eigenvalue weighted by atomic mass is 9.97. The molecule has 1 aliphatic rings.